The zero-order valence-electron chi connectivity index (χ0n) is 17.8. The molecule has 31 heavy (non-hydrogen) atoms. The van der Waals surface area contributed by atoms with Gasteiger partial charge in [-0.25, -0.2) is 0 Å². The third-order valence-corrected chi connectivity index (χ3v) is 5.79. The van der Waals surface area contributed by atoms with E-state index in [0.29, 0.717) is 31.7 Å². The van der Waals surface area contributed by atoms with Gasteiger partial charge in [-0.05, 0) is 37.5 Å². The summed E-state index contributed by atoms with van der Waals surface area (Å²) < 4.78 is 5.53. The van der Waals surface area contributed by atoms with Gasteiger partial charge < -0.3 is 14.5 Å². The molecule has 1 fully saturated rings. The highest BCUT2D eigenvalue weighted by molar-refractivity contribution is 5.81. The molecular formula is C23H27N3O5. The van der Waals surface area contributed by atoms with E-state index in [1.807, 2.05) is 25.1 Å². The summed E-state index contributed by atoms with van der Waals surface area (Å²) in [5, 5.41) is 11.0. The minimum Gasteiger partial charge on any atom is -0.484 e. The Labute approximate surface area is 181 Å². The van der Waals surface area contributed by atoms with Crippen molar-refractivity contribution >= 4 is 17.5 Å². The summed E-state index contributed by atoms with van der Waals surface area (Å²) in [4.78, 5) is 39.4. The van der Waals surface area contributed by atoms with Crippen molar-refractivity contribution in [3.63, 3.8) is 0 Å². The zero-order valence-corrected chi connectivity index (χ0v) is 17.8. The molecule has 1 heterocycles. The van der Waals surface area contributed by atoms with Crippen LogP contribution in [0.5, 0.6) is 5.75 Å². The molecule has 1 unspecified atom stereocenters. The zero-order chi connectivity index (χ0) is 22.4. The van der Waals surface area contributed by atoms with Crippen molar-refractivity contribution in [3.05, 3.63) is 70.3 Å². The third kappa shape index (κ3) is 5.59. The average molecular weight is 425 g/mol. The molecule has 8 nitrogen and oxygen atoms in total. The fourth-order valence-electron chi connectivity index (χ4n) is 3.73. The van der Waals surface area contributed by atoms with Crippen molar-refractivity contribution in [2.75, 3.05) is 26.7 Å². The van der Waals surface area contributed by atoms with Crippen LogP contribution in [0.4, 0.5) is 5.69 Å². The van der Waals surface area contributed by atoms with Gasteiger partial charge in [0.05, 0.1) is 11.0 Å². The smallest absolute Gasteiger partial charge is 0.269 e. The minimum atomic E-state index is -0.438. The number of nitro benzene ring substituents is 1. The number of benzene rings is 2. The van der Waals surface area contributed by atoms with Gasteiger partial charge in [0.25, 0.3) is 11.6 Å². The lowest BCUT2D eigenvalue weighted by Gasteiger charge is -2.35. The molecule has 8 heteroatoms. The second-order valence-electron chi connectivity index (χ2n) is 7.73. The lowest BCUT2D eigenvalue weighted by Crippen LogP contribution is -2.45. The van der Waals surface area contributed by atoms with E-state index in [0.717, 1.165) is 5.56 Å². The second-order valence-corrected chi connectivity index (χ2v) is 7.73. The number of carbonyl (C=O) groups excluding carboxylic acids is 2. The highest BCUT2D eigenvalue weighted by Gasteiger charge is 2.31. The summed E-state index contributed by atoms with van der Waals surface area (Å²) in [5.74, 6) is 0.377. The van der Waals surface area contributed by atoms with Crippen molar-refractivity contribution in [1.82, 2.24) is 9.80 Å². The van der Waals surface area contributed by atoms with Crippen LogP contribution in [-0.2, 0) is 9.59 Å². The van der Waals surface area contributed by atoms with Gasteiger partial charge in [0.2, 0.25) is 5.91 Å². The Balaban J connectivity index is 1.51. The van der Waals surface area contributed by atoms with Crippen molar-refractivity contribution in [2.45, 2.75) is 25.8 Å². The van der Waals surface area contributed by atoms with Gasteiger partial charge in [0, 0.05) is 38.2 Å². The lowest BCUT2D eigenvalue weighted by molar-refractivity contribution is -0.384. The Morgan fingerprint density at radius 1 is 1.16 bits per heavy atom. The van der Waals surface area contributed by atoms with E-state index in [1.165, 1.54) is 12.1 Å². The maximum Gasteiger partial charge on any atom is 0.269 e. The fraction of sp³-hybridized carbons (Fsp3) is 0.391. The predicted octanol–water partition coefficient (Wildman–Crippen LogP) is 3.43. The minimum absolute atomic E-state index is 0.00774. The topological polar surface area (TPSA) is 93.0 Å². The van der Waals surface area contributed by atoms with Gasteiger partial charge in [0.1, 0.15) is 5.75 Å². The number of ether oxygens (including phenoxy) is 1. The molecule has 0 N–H and O–H groups in total. The highest BCUT2D eigenvalue weighted by atomic mass is 16.6. The van der Waals surface area contributed by atoms with Crippen molar-refractivity contribution < 1.29 is 19.2 Å². The van der Waals surface area contributed by atoms with Crippen molar-refractivity contribution in [3.8, 4) is 5.75 Å². The SMILES string of the molecule is CC(c1cccc([N+](=O)[O-])c1)N(C)C(=O)C1CCN(C(=O)COc2ccccc2)CC1. The first-order chi connectivity index (χ1) is 14.9. The van der Waals surface area contributed by atoms with Crippen LogP contribution in [0.25, 0.3) is 0 Å². The van der Waals surface area contributed by atoms with Crippen LogP contribution in [0.15, 0.2) is 54.6 Å². The van der Waals surface area contributed by atoms with E-state index >= 15 is 0 Å². The molecule has 1 saturated heterocycles. The van der Waals surface area contributed by atoms with Gasteiger partial charge in [-0.15, -0.1) is 0 Å². The summed E-state index contributed by atoms with van der Waals surface area (Å²) in [5.41, 5.74) is 0.727. The van der Waals surface area contributed by atoms with Crippen LogP contribution in [0.3, 0.4) is 0 Å². The Morgan fingerprint density at radius 2 is 1.84 bits per heavy atom. The monoisotopic (exact) mass is 425 g/mol. The van der Waals surface area contributed by atoms with E-state index in [-0.39, 0.29) is 36.1 Å². The molecule has 164 valence electrons. The normalized spacial score (nSPS) is 15.2. The van der Waals surface area contributed by atoms with Crippen LogP contribution in [0.1, 0.15) is 31.4 Å². The first-order valence-corrected chi connectivity index (χ1v) is 10.3. The first-order valence-electron chi connectivity index (χ1n) is 10.3. The standard InChI is InChI=1S/C23H27N3O5/c1-17(19-7-6-8-20(15-19)26(29)30)24(2)23(28)18-11-13-25(14-12-18)22(27)16-31-21-9-4-3-5-10-21/h3-10,15,17-18H,11-14,16H2,1-2H3. The number of non-ortho nitro benzene ring substituents is 1. The van der Waals surface area contributed by atoms with E-state index in [9.17, 15) is 19.7 Å². The van der Waals surface area contributed by atoms with Gasteiger partial charge >= 0.3 is 0 Å². The number of amides is 2. The Kier molecular flexibility index (Phi) is 7.23. The molecule has 0 spiro atoms. The van der Waals surface area contributed by atoms with Crippen LogP contribution < -0.4 is 4.74 Å². The van der Waals surface area contributed by atoms with Crippen LogP contribution in [0, 0.1) is 16.0 Å². The van der Waals surface area contributed by atoms with Crippen molar-refractivity contribution in [1.29, 1.82) is 0 Å². The number of piperidine rings is 1. The van der Waals surface area contributed by atoms with Gasteiger partial charge in [-0.3, -0.25) is 19.7 Å². The van der Waals surface area contributed by atoms with E-state index in [1.54, 1.807) is 41.1 Å². The van der Waals surface area contributed by atoms with Gasteiger partial charge in [0.15, 0.2) is 6.61 Å². The molecule has 2 aromatic rings. The molecule has 0 saturated carbocycles. The summed E-state index contributed by atoms with van der Waals surface area (Å²) in [7, 11) is 1.72. The van der Waals surface area contributed by atoms with E-state index in [2.05, 4.69) is 0 Å². The number of rotatable bonds is 7. The molecular weight excluding hydrogens is 398 g/mol. The molecule has 3 rings (SSSR count). The van der Waals surface area contributed by atoms with E-state index < -0.39 is 4.92 Å². The van der Waals surface area contributed by atoms with Crippen LogP contribution in [0.2, 0.25) is 0 Å². The van der Waals surface area contributed by atoms with Gasteiger partial charge in [-0.2, -0.15) is 0 Å². The number of carbonyl (C=O) groups is 2. The molecule has 2 amide bonds. The molecule has 0 radical (unpaired) electrons. The molecule has 0 aromatic heterocycles. The summed E-state index contributed by atoms with van der Waals surface area (Å²) in [6.07, 6.45) is 1.17. The van der Waals surface area contributed by atoms with Gasteiger partial charge in [-0.1, -0.05) is 30.3 Å². The second kappa shape index (κ2) is 10.1. The molecule has 1 aliphatic heterocycles. The number of nitrogens with zero attached hydrogens (tertiary/aromatic N) is 3. The summed E-state index contributed by atoms with van der Waals surface area (Å²) in [6.45, 7) is 2.85. The lowest BCUT2D eigenvalue weighted by atomic mass is 9.94. The largest absolute Gasteiger partial charge is 0.484 e. The average Bonchev–Trinajstić information content (AvgIpc) is 2.82. The van der Waals surface area contributed by atoms with Crippen LogP contribution >= 0.6 is 0 Å². The Bertz CT molecular complexity index is 926. The number of nitro groups is 1. The maximum atomic E-state index is 13.0. The quantitative estimate of drug-likeness (QED) is 0.500. The number of hydrogen-bond donors (Lipinski definition) is 0. The molecule has 0 bridgehead atoms. The first kappa shape index (κ1) is 22.3. The maximum absolute atomic E-state index is 13.0. The van der Waals surface area contributed by atoms with Crippen molar-refractivity contribution in [2.24, 2.45) is 5.92 Å². The highest BCUT2D eigenvalue weighted by Crippen LogP contribution is 2.27. The number of hydrogen-bond acceptors (Lipinski definition) is 5. The molecule has 1 atom stereocenters. The number of para-hydroxylation sites is 1. The Hall–Kier alpha value is -3.42. The van der Waals surface area contributed by atoms with E-state index in [4.69, 9.17) is 4.74 Å². The molecule has 2 aromatic carbocycles. The summed E-state index contributed by atoms with van der Waals surface area (Å²) >= 11 is 0. The third-order valence-electron chi connectivity index (χ3n) is 5.79. The number of likely N-dealkylation sites (tertiary alicyclic amines) is 1. The molecule has 0 aliphatic carbocycles. The molecule has 1 aliphatic rings. The fourth-order valence-corrected chi connectivity index (χ4v) is 3.73. The summed E-state index contributed by atoms with van der Waals surface area (Å²) in [6, 6.07) is 15.3. The Morgan fingerprint density at radius 3 is 2.48 bits per heavy atom. The predicted molar refractivity (Wildman–Crippen MR) is 116 cm³/mol. The van der Waals surface area contributed by atoms with Crippen LogP contribution in [-0.4, -0.2) is 53.3 Å².